The molecule has 2 aromatic rings. The molecule has 0 bridgehead atoms. The Bertz CT molecular complexity index is 1210. The third kappa shape index (κ3) is 7.51. The third-order valence-electron chi connectivity index (χ3n) is 6.76. The normalized spacial score (nSPS) is 17.5. The second-order valence-electron chi connectivity index (χ2n) is 10.9. The number of hydrogen-bond acceptors (Lipinski definition) is 6. The van der Waals surface area contributed by atoms with E-state index in [1.807, 2.05) is 43.3 Å². The van der Waals surface area contributed by atoms with Crippen LogP contribution in [0.15, 0.2) is 52.4 Å². The number of thioether (sulfide) groups is 1. The van der Waals surface area contributed by atoms with Crippen molar-refractivity contribution in [3.05, 3.63) is 63.5 Å². The molecule has 1 atom stereocenters. The van der Waals surface area contributed by atoms with Crippen LogP contribution in [0.2, 0.25) is 23.2 Å². The number of rotatable bonds is 10. The summed E-state index contributed by atoms with van der Waals surface area (Å²) in [6.07, 6.45) is 1.96. The van der Waals surface area contributed by atoms with Gasteiger partial charge in [0.15, 0.2) is 13.5 Å². The van der Waals surface area contributed by atoms with E-state index in [1.165, 1.54) is 11.8 Å². The number of aliphatic imine (C=N–C) groups is 1. The molecule has 1 saturated heterocycles. The number of hydrogen-bond donors (Lipinski definition) is 1. The van der Waals surface area contributed by atoms with Gasteiger partial charge in [-0.1, -0.05) is 63.6 Å². The number of carbonyl (C=O) groups is 1. The molecule has 6 nitrogen and oxygen atoms in total. The minimum atomic E-state index is -1.95. The van der Waals surface area contributed by atoms with Crippen molar-refractivity contribution in [2.75, 3.05) is 24.7 Å². The fourth-order valence-corrected chi connectivity index (χ4v) is 5.73. The molecule has 1 unspecified atom stereocenters. The minimum absolute atomic E-state index is 0.0692. The van der Waals surface area contributed by atoms with Gasteiger partial charge in [0, 0.05) is 6.54 Å². The van der Waals surface area contributed by atoms with Crippen LogP contribution < -0.4 is 9.64 Å². The zero-order valence-corrected chi connectivity index (χ0v) is 25.9. The maximum atomic E-state index is 13.4. The van der Waals surface area contributed by atoms with E-state index in [-0.39, 0.29) is 24.2 Å². The summed E-state index contributed by atoms with van der Waals surface area (Å²) in [6, 6.07) is 13.2. The summed E-state index contributed by atoms with van der Waals surface area (Å²) < 4.78 is 11.9. The maximum Gasteiger partial charge on any atom is 0.271 e. The average molecular weight is 575 g/mol. The summed E-state index contributed by atoms with van der Waals surface area (Å²) >= 11 is 7.87. The molecule has 2 aromatic carbocycles. The van der Waals surface area contributed by atoms with Crippen LogP contribution >= 0.6 is 23.4 Å². The number of aryl methyl sites for hydroxylation is 1. The van der Waals surface area contributed by atoms with Crippen molar-refractivity contribution in [2.24, 2.45) is 4.99 Å². The summed E-state index contributed by atoms with van der Waals surface area (Å²) in [5, 5.41) is 11.5. The third-order valence-corrected chi connectivity index (χ3v) is 12.6. The molecule has 0 radical (unpaired) electrons. The van der Waals surface area contributed by atoms with Gasteiger partial charge in [-0.3, -0.25) is 14.7 Å². The van der Waals surface area contributed by atoms with Gasteiger partial charge in [0.05, 0.1) is 22.2 Å². The van der Waals surface area contributed by atoms with Gasteiger partial charge in [0.2, 0.25) is 0 Å². The zero-order valence-electron chi connectivity index (χ0n) is 23.4. The number of amides is 1. The molecule has 9 heteroatoms. The summed E-state index contributed by atoms with van der Waals surface area (Å²) in [7, 11) is -1.95. The molecule has 1 amide bonds. The first kappa shape index (κ1) is 30.4. The Kier molecular flexibility index (Phi) is 10.3. The molecule has 1 N–H and O–H groups in total. The van der Waals surface area contributed by atoms with Crippen molar-refractivity contribution in [1.82, 2.24) is 0 Å². The molecule has 0 saturated carbocycles. The Morgan fingerprint density at radius 3 is 2.53 bits per heavy atom. The van der Waals surface area contributed by atoms with Gasteiger partial charge in [-0.15, -0.1) is 0 Å². The van der Waals surface area contributed by atoms with Crippen LogP contribution in [0.3, 0.4) is 0 Å². The van der Waals surface area contributed by atoms with Gasteiger partial charge >= 0.3 is 0 Å². The fraction of sp³-hybridized carbons (Fsp3) is 0.448. The molecule has 1 aliphatic rings. The van der Waals surface area contributed by atoms with Crippen LogP contribution in [0.5, 0.6) is 5.75 Å². The van der Waals surface area contributed by atoms with Crippen LogP contribution in [0.4, 0.5) is 5.69 Å². The highest BCUT2D eigenvalue weighted by atomic mass is 35.5. The second-order valence-corrected chi connectivity index (χ2v) is 17.2. The van der Waals surface area contributed by atoms with E-state index in [9.17, 15) is 9.90 Å². The SMILES string of the molecule is CCCN=C1SC(=Cc2ccc(OCC(O)CO[Si](C)(C)C(C)(C)C)c(Cl)c2)C(=O)N1c1ccccc1C. The predicted molar refractivity (Wildman–Crippen MR) is 163 cm³/mol. The summed E-state index contributed by atoms with van der Waals surface area (Å²) in [6.45, 7) is 15.8. The van der Waals surface area contributed by atoms with E-state index in [2.05, 4.69) is 45.8 Å². The number of halogens is 1. The lowest BCUT2D eigenvalue weighted by Gasteiger charge is -2.36. The average Bonchev–Trinajstić information content (AvgIpc) is 3.15. The van der Waals surface area contributed by atoms with E-state index in [0.29, 0.717) is 27.4 Å². The number of aliphatic hydroxyl groups is 1. The van der Waals surface area contributed by atoms with Crippen molar-refractivity contribution in [1.29, 1.82) is 0 Å². The number of anilines is 1. The largest absolute Gasteiger partial charge is 0.489 e. The smallest absolute Gasteiger partial charge is 0.271 e. The lowest BCUT2D eigenvalue weighted by molar-refractivity contribution is -0.113. The van der Waals surface area contributed by atoms with Gasteiger partial charge in [-0.2, -0.15) is 0 Å². The maximum absolute atomic E-state index is 13.4. The van der Waals surface area contributed by atoms with Crippen LogP contribution in [-0.2, 0) is 9.22 Å². The van der Waals surface area contributed by atoms with Gasteiger partial charge in [-0.05, 0) is 78.6 Å². The van der Waals surface area contributed by atoms with E-state index in [0.717, 1.165) is 23.2 Å². The summed E-state index contributed by atoms with van der Waals surface area (Å²) in [4.78, 5) is 20.3. The number of amidine groups is 1. The van der Waals surface area contributed by atoms with Crippen LogP contribution in [0.25, 0.3) is 6.08 Å². The molecule has 38 heavy (non-hydrogen) atoms. The summed E-state index contributed by atoms with van der Waals surface area (Å²) in [5.41, 5.74) is 2.62. The standard InChI is InChI=1S/C29H39ClN2O4SSi/c1-8-15-31-28-32(24-12-10-9-11-20(24)2)27(34)26(37-28)17-21-13-14-25(23(30)16-21)35-18-22(33)19-36-38(6,7)29(3,4)5/h9-14,16-17,22,33H,8,15,18-19H2,1-7H3. The number of aliphatic hydroxyl groups excluding tert-OH is 1. The molecule has 0 aliphatic carbocycles. The second kappa shape index (κ2) is 12.8. The van der Waals surface area contributed by atoms with Crippen LogP contribution in [-0.4, -0.2) is 50.4 Å². The Hall–Kier alpha value is -2.10. The van der Waals surface area contributed by atoms with Crippen molar-refractivity contribution in [2.45, 2.75) is 65.3 Å². The Labute approximate surface area is 237 Å². The summed E-state index contributed by atoms with van der Waals surface area (Å²) in [5.74, 6) is 0.359. The number of para-hydroxylation sites is 1. The van der Waals surface area contributed by atoms with Crippen LogP contribution in [0, 0.1) is 6.92 Å². The molecular weight excluding hydrogens is 536 g/mol. The van der Waals surface area contributed by atoms with Crippen molar-refractivity contribution in [3.8, 4) is 5.75 Å². The molecule has 0 spiro atoms. The molecule has 0 aromatic heterocycles. The van der Waals surface area contributed by atoms with Crippen molar-refractivity contribution in [3.63, 3.8) is 0 Å². The first-order chi connectivity index (χ1) is 17.8. The number of nitrogens with zero attached hydrogens (tertiary/aromatic N) is 2. The quantitative estimate of drug-likeness (QED) is 0.238. The zero-order chi connectivity index (χ0) is 28.1. The fourth-order valence-electron chi connectivity index (χ4n) is 3.44. The molecule has 3 rings (SSSR count). The van der Waals surface area contributed by atoms with Gasteiger partial charge in [-0.25, -0.2) is 0 Å². The lowest BCUT2D eigenvalue weighted by Crippen LogP contribution is -2.43. The first-order valence-corrected chi connectivity index (χ1v) is 17.0. The van der Waals surface area contributed by atoms with Crippen LogP contribution in [0.1, 0.15) is 45.2 Å². The first-order valence-electron chi connectivity index (χ1n) is 12.9. The Morgan fingerprint density at radius 2 is 1.89 bits per heavy atom. The molecule has 1 heterocycles. The van der Waals surface area contributed by atoms with E-state index in [4.69, 9.17) is 20.8 Å². The highest BCUT2D eigenvalue weighted by Crippen LogP contribution is 2.38. The van der Waals surface area contributed by atoms with E-state index in [1.54, 1.807) is 17.0 Å². The molecule has 206 valence electrons. The molecule has 1 fully saturated rings. The predicted octanol–water partition coefficient (Wildman–Crippen LogP) is 7.30. The van der Waals surface area contributed by atoms with E-state index >= 15 is 0 Å². The molecular formula is C29H39ClN2O4SSi. The monoisotopic (exact) mass is 574 g/mol. The van der Waals surface area contributed by atoms with Crippen molar-refractivity contribution < 1.29 is 19.1 Å². The van der Waals surface area contributed by atoms with Crippen molar-refractivity contribution >= 4 is 54.5 Å². The number of carbonyl (C=O) groups excluding carboxylic acids is 1. The van der Waals surface area contributed by atoms with Gasteiger partial charge in [0.25, 0.3) is 5.91 Å². The topological polar surface area (TPSA) is 71.4 Å². The lowest BCUT2D eigenvalue weighted by atomic mass is 10.1. The molecule has 1 aliphatic heterocycles. The highest BCUT2D eigenvalue weighted by molar-refractivity contribution is 8.19. The van der Waals surface area contributed by atoms with Gasteiger partial charge in [0.1, 0.15) is 18.5 Å². The number of benzene rings is 2. The Morgan fingerprint density at radius 1 is 1.18 bits per heavy atom. The number of ether oxygens (including phenoxy) is 1. The highest BCUT2D eigenvalue weighted by Gasteiger charge is 2.37. The van der Waals surface area contributed by atoms with Gasteiger partial charge < -0.3 is 14.3 Å². The Balaban J connectivity index is 1.71. The minimum Gasteiger partial charge on any atom is -0.489 e. The van der Waals surface area contributed by atoms with E-state index < -0.39 is 14.4 Å².